The minimum atomic E-state index is 0.205. The molecule has 4 heteroatoms. The molecule has 2 atom stereocenters. The second-order valence-corrected chi connectivity index (χ2v) is 11.7. The normalized spacial score (nSPS) is 13.7. The summed E-state index contributed by atoms with van der Waals surface area (Å²) in [7, 11) is 3.62. The average Bonchev–Trinajstić information content (AvgIpc) is 2.64. The fourth-order valence-electron chi connectivity index (χ4n) is 2.76. The summed E-state index contributed by atoms with van der Waals surface area (Å²) in [6, 6.07) is 17.5. The summed E-state index contributed by atoms with van der Waals surface area (Å²) in [5, 5.41) is 0. The zero-order valence-corrected chi connectivity index (χ0v) is 18.2. The van der Waals surface area contributed by atoms with Crippen molar-refractivity contribution in [3.8, 4) is 0 Å². The van der Waals surface area contributed by atoms with Crippen LogP contribution in [0.25, 0.3) is 0 Å². The molecule has 130 valence electrons. The van der Waals surface area contributed by atoms with Gasteiger partial charge in [-0.2, -0.15) is 0 Å². The third kappa shape index (κ3) is 4.95. The Hall–Kier alpha value is -0.601. The Bertz CT molecular complexity index is 567. The van der Waals surface area contributed by atoms with Crippen LogP contribution in [0, 0.1) is 0 Å². The van der Waals surface area contributed by atoms with Crippen molar-refractivity contribution in [1.82, 2.24) is 0 Å². The van der Waals surface area contributed by atoms with Crippen LogP contribution in [-0.4, -0.2) is 40.5 Å². The Kier molecular flexibility index (Phi) is 8.55. The molecule has 0 unspecified atom stereocenters. The van der Waals surface area contributed by atoms with E-state index in [1.807, 2.05) is 14.2 Å². The van der Waals surface area contributed by atoms with Crippen molar-refractivity contribution in [3.63, 3.8) is 0 Å². The number of ether oxygens (including phenoxy) is 2. The van der Waals surface area contributed by atoms with Crippen molar-refractivity contribution in [1.29, 1.82) is 0 Å². The number of hydrogen-bond donors (Lipinski definition) is 0. The molecule has 0 heterocycles. The van der Waals surface area contributed by atoms with Crippen LogP contribution in [-0.2, 0) is 9.47 Å². The van der Waals surface area contributed by atoms with Gasteiger partial charge in [-0.3, -0.25) is 0 Å². The number of rotatable bonds is 9. The zero-order chi connectivity index (χ0) is 17.4. The molecule has 2 nitrogen and oxygen atoms in total. The Morgan fingerprint density at radius 1 is 0.708 bits per heavy atom. The summed E-state index contributed by atoms with van der Waals surface area (Å²) in [6.07, 6.45) is 2.43. The van der Waals surface area contributed by atoms with Gasteiger partial charge in [-0.1, -0.05) is 0 Å². The summed E-state index contributed by atoms with van der Waals surface area (Å²) in [4.78, 5) is 0. The van der Waals surface area contributed by atoms with Crippen molar-refractivity contribution in [3.05, 3.63) is 59.7 Å². The van der Waals surface area contributed by atoms with Crippen LogP contribution < -0.4 is 8.92 Å². The molecule has 0 aliphatic rings. The summed E-state index contributed by atoms with van der Waals surface area (Å²) < 4.78 is 14.3. The van der Waals surface area contributed by atoms with E-state index >= 15 is 0 Å². The first-order valence-corrected chi connectivity index (χ1v) is 14.4. The molecule has 24 heavy (non-hydrogen) atoms. The molecule has 0 saturated carbocycles. The molecule has 2 rings (SSSR count). The predicted molar refractivity (Wildman–Crippen MR) is 104 cm³/mol. The molecule has 0 amide bonds. The Labute approximate surface area is 157 Å². The molecule has 0 aliphatic heterocycles. The molecule has 2 aromatic rings. The van der Waals surface area contributed by atoms with Crippen molar-refractivity contribution in [2.45, 2.75) is 38.9 Å². The Balaban J connectivity index is 2.21. The first-order valence-electron chi connectivity index (χ1n) is 8.33. The van der Waals surface area contributed by atoms with Gasteiger partial charge in [0.15, 0.2) is 0 Å². The molecule has 0 radical (unpaired) electrons. The molecular formula is C20H26O2Se2. The molecule has 2 aromatic carbocycles. The SMILES string of the molecule is CC[C@H](OC)c1ccccc1[Se][Se]c1ccccc1[C@H](CC)OC. The van der Waals surface area contributed by atoms with Gasteiger partial charge in [0.1, 0.15) is 0 Å². The molecule has 0 aromatic heterocycles. The first kappa shape index (κ1) is 19.7. The first-order chi connectivity index (χ1) is 11.7. The van der Waals surface area contributed by atoms with Crippen LogP contribution >= 0.6 is 0 Å². The predicted octanol–water partition coefficient (Wildman–Crippen LogP) is 3.16. The van der Waals surface area contributed by atoms with Crippen molar-refractivity contribution in [2.24, 2.45) is 0 Å². The molecule has 0 N–H and O–H groups in total. The third-order valence-corrected chi connectivity index (χ3v) is 11.4. The molecule has 0 saturated heterocycles. The average molecular weight is 456 g/mol. The summed E-state index contributed by atoms with van der Waals surface area (Å²) in [6.45, 7) is 4.37. The molecule has 0 fully saturated rings. The third-order valence-electron chi connectivity index (χ3n) is 4.06. The van der Waals surface area contributed by atoms with E-state index in [4.69, 9.17) is 9.47 Å². The van der Waals surface area contributed by atoms with E-state index in [9.17, 15) is 0 Å². The van der Waals surface area contributed by atoms with Gasteiger partial charge in [-0.25, -0.2) is 0 Å². The molecule has 0 spiro atoms. The van der Waals surface area contributed by atoms with Gasteiger partial charge in [-0.15, -0.1) is 0 Å². The molecular weight excluding hydrogens is 430 g/mol. The monoisotopic (exact) mass is 458 g/mol. The van der Waals surface area contributed by atoms with E-state index in [0.717, 1.165) is 12.8 Å². The summed E-state index contributed by atoms with van der Waals surface area (Å²) in [5.41, 5.74) is 2.72. The van der Waals surface area contributed by atoms with Crippen LogP contribution in [0.5, 0.6) is 0 Å². The maximum atomic E-state index is 5.67. The topological polar surface area (TPSA) is 18.5 Å². The van der Waals surface area contributed by atoms with Crippen LogP contribution in [0.1, 0.15) is 50.0 Å². The van der Waals surface area contributed by atoms with Crippen LogP contribution in [0.15, 0.2) is 48.5 Å². The standard InChI is InChI=1S/C20H26O2Se2/c1-5-17(21-3)15-11-7-9-13-19(15)23-24-20-14-10-8-12-16(20)18(6-2)22-4/h7-14,17-18H,5-6H2,1-4H3/t17-,18-/m0/s1. The van der Waals surface area contributed by atoms with Gasteiger partial charge < -0.3 is 0 Å². The van der Waals surface area contributed by atoms with Crippen molar-refractivity contribution < 1.29 is 9.47 Å². The fourth-order valence-corrected chi connectivity index (χ4v) is 10.2. The fraction of sp³-hybridized carbons (Fsp3) is 0.400. The van der Waals surface area contributed by atoms with Gasteiger partial charge in [-0.05, 0) is 0 Å². The van der Waals surface area contributed by atoms with Crippen molar-refractivity contribution >= 4 is 35.2 Å². The van der Waals surface area contributed by atoms with E-state index in [1.54, 1.807) is 0 Å². The molecule has 0 aliphatic carbocycles. The zero-order valence-electron chi connectivity index (χ0n) is 14.8. The van der Waals surface area contributed by atoms with E-state index in [1.165, 1.54) is 20.1 Å². The van der Waals surface area contributed by atoms with Crippen molar-refractivity contribution in [2.75, 3.05) is 14.2 Å². The quantitative estimate of drug-likeness (QED) is 0.540. The Morgan fingerprint density at radius 2 is 1.08 bits per heavy atom. The van der Waals surface area contributed by atoms with E-state index in [2.05, 4.69) is 62.4 Å². The van der Waals surface area contributed by atoms with Crippen LogP contribution in [0.4, 0.5) is 0 Å². The summed E-state index contributed by atoms with van der Waals surface area (Å²) in [5.74, 6) is 0. The molecule has 0 bridgehead atoms. The second-order valence-electron chi connectivity index (χ2n) is 5.51. The van der Waals surface area contributed by atoms with E-state index in [0.29, 0.717) is 26.3 Å². The van der Waals surface area contributed by atoms with Gasteiger partial charge in [0.25, 0.3) is 0 Å². The van der Waals surface area contributed by atoms with Crippen LogP contribution in [0.3, 0.4) is 0 Å². The van der Waals surface area contributed by atoms with Gasteiger partial charge in [0, 0.05) is 0 Å². The minimum absolute atomic E-state index is 0.205. The van der Waals surface area contributed by atoms with Gasteiger partial charge in [0.05, 0.1) is 0 Å². The Morgan fingerprint density at radius 3 is 1.42 bits per heavy atom. The second kappa shape index (κ2) is 10.4. The summed E-state index contributed by atoms with van der Waals surface area (Å²) >= 11 is 0.884. The van der Waals surface area contributed by atoms with E-state index < -0.39 is 0 Å². The number of methoxy groups -OCH3 is 2. The number of benzene rings is 2. The van der Waals surface area contributed by atoms with Gasteiger partial charge in [0.2, 0.25) is 0 Å². The van der Waals surface area contributed by atoms with Gasteiger partial charge >= 0.3 is 157 Å². The number of hydrogen-bond acceptors (Lipinski definition) is 2. The van der Waals surface area contributed by atoms with Crippen LogP contribution in [0.2, 0.25) is 0 Å². The maximum absolute atomic E-state index is 5.67. The van der Waals surface area contributed by atoms with E-state index in [-0.39, 0.29) is 12.2 Å².